The molecule has 4 rings (SSSR count). The van der Waals surface area contributed by atoms with Gasteiger partial charge in [-0.05, 0) is 24.3 Å². The van der Waals surface area contributed by atoms with Crippen LogP contribution in [0.4, 0.5) is 0 Å². The van der Waals surface area contributed by atoms with Crippen LogP contribution in [-0.4, -0.2) is 21.9 Å². The number of carboxylic acid groups (broad SMARTS) is 2. The van der Waals surface area contributed by atoms with Gasteiger partial charge >= 0.3 is 16.8 Å². The maximum Gasteiger partial charge on any atom is 2.00 e. The summed E-state index contributed by atoms with van der Waals surface area (Å²) in [6.45, 7) is 0. The van der Waals surface area contributed by atoms with Crippen LogP contribution in [0.3, 0.4) is 0 Å². The fraction of sp³-hybridized carbons (Fsp3) is 0. The van der Waals surface area contributed by atoms with Crippen LogP contribution in [0.25, 0.3) is 21.8 Å². The predicted octanol–water partition coefficient (Wildman–Crippen LogP) is 1.19. The van der Waals surface area contributed by atoms with E-state index in [1.165, 1.54) is 12.1 Å². The zero-order valence-electron chi connectivity index (χ0n) is 13.8. The molecular weight excluding hydrogens is 391 g/mol. The van der Waals surface area contributed by atoms with Crippen LogP contribution in [0.2, 0.25) is 0 Å². The van der Waals surface area contributed by atoms with Crippen molar-refractivity contribution in [2.24, 2.45) is 0 Å². The molecule has 0 saturated carbocycles. The van der Waals surface area contributed by atoms with Crippen LogP contribution < -0.4 is 10.2 Å². The minimum atomic E-state index is -1.24. The van der Waals surface area contributed by atoms with Gasteiger partial charge in [-0.3, -0.25) is 0 Å². The number of carbonyl (C=O) groups excluding carboxylic acids is 2. The van der Waals surface area contributed by atoms with Crippen molar-refractivity contribution in [3.63, 3.8) is 0 Å². The molecule has 0 spiro atoms. The second-order valence-electron chi connectivity index (χ2n) is 5.35. The van der Waals surface area contributed by atoms with E-state index in [1.807, 2.05) is 36.4 Å². The zero-order chi connectivity index (χ0) is 18.5. The van der Waals surface area contributed by atoms with E-state index in [0.29, 0.717) is 11.0 Å². The molecule has 2 heterocycles. The Morgan fingerprint density at radius 2 is 0.963 bits per heavy atom. The van der Waals surface area contributed by atoms with Crippen molar-refractivity contribution >= 4 is 33.7 Å². The van der Waals surface area contributed by atoms with Crippen LogP contribution in [0.1, 0.15) is 21.0 Å². The van der Waals surface area contributed by atoms with Crippen LogP contribution in [0.5, 0.6) is 0 Å². The molecule has 135 valence electrons. The molecular formula is C20H12CoN2O4. The number of rotatable bonds is 2. The van der Waals surface area contributed by atoms with Crippen molar-refractivity contribution in [1.82, 2.24) is 9.97 Å². The van der Waals surface area contributed by atoms with E-state index in [2.05, 4.69) is 9.97 Å². The minimum Gasteiger partial charge on any atom is -0.543 e. The summed E-state index contributed by atoms with van der Waals surface area (Å²) in [5.41, 5.74) is 1.28. The molecule has 0 aliphatic heterocycles. The van der Waals surface area contributed by atoms with E-state index in [-0.39, 0.29) is 28.2 Å². The first-order chi connectivity index (χ1) is 12.5. The molecule has 0 aliphatic carbocycles. The van der Waals surface area contributed by atoms with Gasteiger partial charge in [-0.25, -0.2) is 9.97 Å². The number of fused-ring (bicyclic) bond motifs is 2. The Balaban J connectivity index is 0.000000187. The van der Waals surface area contributed by atoms with E-state index in [9.17, 15) is 19.8 Å². The maximum atomic E-state index is 10.5. The van der Waals surface area contributed by atoms with Gasteiger partial charge in [-0.1, -0.05) is 48.5 Å². The molecule has 27 heavy (non-hydrogen) atoms. The average Bonchev–Trinajstić information content (AvgIpc) is 2.67. The Morgan fingerprint density at radius 3 is 1.33 bits per heavy atom. The summed E-state index contributed by atoms with van der Waals surface area (Å²) in [6, 6.07) is 21.0. The van der Waals surface area contributed by atoms with Crippen molar-refractivity contribution in [2.75, 3.05) is 0 Å². The Morgan fingerprint density at radius 1 is 0.593 bits per heavy atom. The Bertz CT molecular complexity index is 1030. The standard InChI is InChI=1S/2C10H7NO2.Co/c2*12-10(13)9-6-5-7-3-1-2-4-8(7)11-9;/h2*1-6H,(H,12,13);/q;;+2/p-2. The first-order valence-corrected chi connectivity index (χ1v) is 7.69. The van der Waals surface area contributed by atoms with Gasteiger partial charge in [0.2, 0.25) is 0 Å². The second-order valence-corrected chi connectivity index (χ2v) is 5.35. The maximum absolute atomic E-state index is 10.5. The van der Waals surface area contributed by atoms with E-state index in [1.54, 1.807) is 24.3 Å². The van der Waals surface area contributed by atoms with Gasteiger partial charge in [0, 0.05) is 10.8 Å². The van der Waals surface area contributed by atoms with Crippen LogP contribution in [0, 0.1) is 0 Å². The van der Waals surface area contributed by atoms with Crippen molar-refractivity contribution < 1.29 is 36.6 Å². The predicted molar refractivity (Wildman–Crippen MR) is 92.1 cm³/mol. The van der Waals surface area contributed by atoms with E-state index in [0.717, 1.165) is 10.8 Å². The van der Waals surface area contributed by atoms with Crippen molar-refractivity contribution in [3.8, 4) is 0 Å². The number of aromatic carboxylic acids is 2. The first kappa shape index (κ1) is 20.0. The van der Waals surface area contributed by atoms with Gasteiger partial charge in [0.05, 0.1) is 34.4 Å². The summed E-state index contributed by atoms with van der Waals surface area (Å²) in [6.07, 6.45) is 0. The van der Waals surface area contributed by atoms with Crippen LogP contribution in [-0.2, 0) is 16.8 Å². The molecule has 2 aromatic heterocycles. The molecule has 0 unspecified atom stereocenters. The number of hydrogen-bond donors (Lipinski definition) is 0. The summed E-state index contributed by atoms with van der Waals surface area (Å²) in [7, 11) is 0. The number of carbonyl (C=O) groups is 2. The third-order valence-electron chi connectivity index (χ3n) is 3.62. The topological polar surface area (TPSA) is 106 Å². The molecule has 0 saturated heterocycles. The molecule has 2 aromatic carbocycles. The monoisotopic (exact) mass is 403 g/mol. The molecule has 0 aliphatic rings. The van der Waals surface area contributed by atoms with E-state index >= 15 is 0 Å². The molecule has 0 atom stereocenters. The normalized spacial score (nSPS) is 9.78. The van der Waals surface area contributed by atoms with E-state index in [4.69, 9.17) is 0 Å². The largest absolute Gasteiger partial charge is 2.00 e. The SMILES string of the molecule is O=C([O-])c1ccc2ccccc2n1.O=C([O-])c1ccc2ccccc2n1.[Co+2]. The summed E-state index contributed by atoms with van der Waals surface area (Å²) in [5.74, 6) is -2.49. The van der Waals surface area contributed by atoms with Gasteiger partial charge < -0.3 is 19.8 Å². The third-order valence-corrected chi connectivity index (χ3v) is 3.62. The number of carboxylic acids is 2. The number of nitrogens with zero attached hydrogens (tertiary/aromatic N) is 2. The fourth-order valence-corrected chi connectivity index (χ4v) is 2.36. The molecule has 1 radical (unpaired) electrons. The smallest absolute Gasteiger partial charge is 0.543 e. The molecule has 0 fully saturated rings. The number of para-hydroxylation sites is 2. The minimum absolute atomic E-state index is 0. The Kier molecular flexibility index (Phi) is 6.59. The first-order valence-electron chi connectivity index (χ1n) is 7.69. The number of benzene rings is 2. The molecule has 6 nitrogen and oxygen atoms in total. The molecule has 7 heteroatoms. The average molecular weight is 403 g/mol. The molecule has 0 amide bonds. The van der Waals surface area contributed by atoms with Gasteiger partial charge in [-0.2, -0.15) is 0 Å². The summed E-state index contributed by atoms with van der Waals surface area (Å²) in [5, 5.41) is 22.8. The van der Waals surface area contributed by atoms with Crippen molar-refractivity contribution in [3.05, 3.63) is 84.2 Å². The van der Waals surface area contributed by atoms with Crippen molar-refractivity contribution in [1.29, 1.82) is 0 Å². The van der Waals surface area contributed by atoms with Crippen LogP contribution in [0.15, 0.2) is 72.8 Å². The molecule has 0 N–H and O–H groups in total. The fourth-order valence-electron chi connectivity index (χ4n) is 2.36. The second kappa shape index (κ2) is 8.88. The quantitative estimate of drug-likeness (QED) is 0.498. The van der Waals surface area contributed by atoms with Crippen LogP contribution >= 0.6 is 0 Å². The van der Waals surface area contributed by atoms with Gasteiger partial charge in [0.25, 0.3) is 0 Å². The number of aromatic nitrogens is 2. The van der Waals surface area contributed by atoms with E-state index < -0.39 is 11.9 Å². The summed E-state index contributed by atoms with van der Waals surface area (Å²) < 4.78 is 0. The number of pyridine rings is 2. The Hall–Kier alpha value is -3.29. The van der Waals surface area contributed by atoms with Gasteiger partial charge in [0.1, 0.15) is 0 Å². The van der Waals surface area contributed by atoms with Gasteiger partial charge in [-0.15, -0.1) is 0 Å². The Labute approximate surface area is 164 Å². The van der Waals surface area contributed by atoms with Crippen molar-refractivity contribution in [2.45, 2.75) is 0 Å². The molecule has 4 aromatic rings. The van der Waals surface area contributed by atoms with Gasteiger partial charge in [0.15, 0.2) is 0 Å². The zero-order valence-corrected chi connectivity index (χ0v) is 14.8. The molecule has 0 bridgehead atoms. The third kappa shape index (κ3) is 4.87. The summed E-state index contributed by atoms with van der Waals surface area (Å²) in [4.78, 5) is 28.8. The summed E-state index contributed by atoms with van der Waals surface area (Å²) >= 11 is 0. The number of hydrogen-bond acceptors (Lipinski definition) is 6.